The molecule has 6 heteroatoms. The predicted molar refractivity (Wildman–Crippen MR) is 252 cm³/mol. The van der Waals surface area contributed by atoms with Crippen molar-refractivity contribution in [3.63, 3.8) is 0 Å². The molecule has 1 aliphatic rings. The number of benzene rings is 7. The van der Waals surface area contributed by atoms with Gasteiger partial charge >= 0.3 is 0 Å². The number of anilines is 3. The van der Waals surface area contributed by atoms with Crippen LogP contribution in [0.2, 0.25) is 0 Å². The number of pyridine rings is 1. The molecule has 304 valence electrons. The maximum absolute atomic E-state index is 4.92. The molecule has 0 bridgehead atoms. The topological polar surface area (TPSA) is 24.9 Å². The largest absolute Gasteiger partial charge is 0.352 e. The van der Waals surface area contributed by atoms with Gasteiger partial charge in [-0.2, -0.15) is 29.5 Å². The molecule has 4 nitrogen and oxygen atoms in total. The molecular formula is C56H42N4PtS-2. The number of hydrogen-bond donors (Lipinski definition) is 0. The van der Waals surface area contributed by atoms with E-state index in [1.165, 1.54) is 48.0 Å². The van der Waals surface area contributed by atoms with Crippen molar-refractivity contribution in [2.75, 3.05) is 4.90 Å². The Balaban J connectivity index is 0.00000458. The van der Waals surface area contributed by atoms with Crippen LogP contribution in [-0.4, -0.2) is 9.55 Å². The molecule has 0 unspecified atom stereocenters. The van der Waals surface area contributed by atoms with Gasteiger partial charge in [-0.1, -0.05) is 157 Å². The summed E-state index contributed by atoms with van der Waals surface area (Å²) in [6, 6.07) is 64.2. The van der Waals surface area contributed by atoms with Gasteiger partial charge < -0.3 is 14.5 Å². The van der Waals surface area contributed by atoms with Crippen LogP contribution in [0.3, 0.4) is 0 Å². The minimum atomic E-state index is -0.327. The molecule has 7 aromatic carbocycles. The molecule has 0 saturated carbocycles. The predicted octanol–water partition coefficient (Wildman–Crippen LogP) is 14.0. The van der Waals surface area contributed by atoms with Crippen molar-refractivity contribution in [2.24, 2.45) is 0 Å². The van der Waals surface area contributed by atoms with Crippen LogP contribution >= 0.6 is 11.3 Å². The maximum atomic E-state index is 4.92. The molecule has 4 heterocycles. The number of rotatable bonds is 6. The number of imidazole rings is 1. The van der Waals surface area contributed by atoms with Crippen molar-refractivity contribution < 1.29 is 25.6 Å². The number of aryl methyl sites for hydroxylation is 3. The summed E-state index contributed by atoms with van der Waals surface area (Å²) in [4.78, 5) is 7.30. The zero-order chi connectivity index (χ0) is 41.4. The van der Waals surface area contributed by atoms with Gasteiger partial charge in [0.15, 0.2) is 0 Å². The van der Waals surface area contributed by atoms with Crippen LogP contribution in [0.1, 0.15) is 41.7 Å². The van der Waals surface area contributed by atoms with Gasteiger partial charge in [0.2, 0.25) is 0 Å². The summed E-state index contributed by atoms with van der Waals surface area (Å²) in [5, 5.41) is 2.44. The number of para-hydroxylation sites is 1. The molecule has 3 aromatic heterocycles. The van der Waals surface area contributed by atoms with E-state index in [4.69, 9.17) is 4.98 Å². The third-order valence-electron chi connectivity index (χ3n) is 12.2. The van der Waals surface area contributed by atoms with Crippen LogP contribution in [0.5, 0.6) is 0 Å². The van der Waals surface area contributed by atoms with Gasteiger partial charge in [-0.25, -0.2) is 0 Å². The Morgan fingerprint density at radius 2 is 1.32 bits per heavy atom. The molecule has 0 saturated heterocycles. The van der Waals surface area contributed by atoms with E-state index in [2.05, 4.69) is 219 Å². The number of fused-ring (bicyclic) bond motifs is 6. The second kappa shape index (κ2) is 15.5. The standard InChI is InChI=1S/C56H42N4S.Pt/c1-36-31-37(2)52(38(3)32-36)59-35-58(53(39-19-8-6-9-20-39)54(59)40-21-10-7-11-22-40)41-23-18-24-42(33-41)60-47-28-14-13-26-45(47)56(4,5)51-48(60)34-44(46-27-16-17-30-57-46)50-43-25-12-15-29-49(43)61-55(50)51;/h6-32H,1-5H3;/q-2;. The molecule has 0 spiro atoms. The van der Waals surface area contributed by atoms with Crippen LogP contribution < -0.4 is 9.47 Å². The number of thiophene rings is 1. The van der Waals surface area contributed by atoms with Gasteiger partial charge in [-0.3, -0.25) is 4.57 Å². The van der Waals surface area contributed by atoms with Crippen molar-refractivity contribution in [1.82, 2.24) is 9.55 Å². The fourth-order valence-electron chi connectivity index (χ4n) is 9.68. The van der Waals surface area contributed by atoms with Crippen LogP contribution in [-0.2, 0) is 26.5 Å². The van der Waals surface area contributed by atoms with Gasteiger partial charge in [0, 0.05) is 37.6 Å². The van der Waals surface area contributed by atoms with E-state index in [-0.39, 0.29) is 26.5 Å². The van der Waals surface area contributed by atoms with Crippen molar-refractivity contribution in [2.45, 2.75) is 40.0 Å². The van der Waals surface area contributed by atoms with Gasteiger partial charge in [-0.05, 0) is 99.4 Å². The third-order valence-corrected chi connectivity index (χ3v) is 13.4. The summed E-state index contributed by atoms with van der Waals surface area (Å²) in [5.41, 5.74) is 17.1. The van der Waals surface area contributed by atoms with Crippen molar-refractivity contribution in [3.8, 4) is 45.1 Å². The second-order valence-electron chi connectivity index (χ2n) is 16.6. The van der Waals surface area contributed by atoms with E-state index in [9.17, 15) is 0 Å². The molecule has 62 heavy (non-hydrogen) atoms. The summed E-state index contributed by atoms with van der Waals surface area (Å²) < 4.78 is 6.99. The maximum Gasteiger partial charge on any atom is 0.268 e. The zero-order valence-corrected chi connectivity index (χ0v) is 38.2. The number of aromatic nitrogens is 3. The Morgan fingerprint density at radius 1 is 0.661 bits per heavy atom. The zero-order valence-electron chi connectivity index (χ0n) is 35.1. The van der Waals surface area contributed by atoms with E-state index in [0.717, 1.165) is 62.2 Å². The smallest absolute Gasteiger partial charge is 0.268 e. The molecular weight excluding hydrogens is 956 g/mol. The first-order chi connectivity index (χ1) is 29.8. The second-order valence-corrected chi connectivity index (χ2v) is 17.6. The first-order valence-electron chi connectivity index (χ1n) is 20.8. The summed E-state index contributed by atoms with van der Waals surface area (Å²) in [7, 11) is 0. The SMILES string of the molecule is Cc1cc(C)c(-[n+]2[c-]n(-c3[c-]c(N4c5[c-]c(-c6ccccn6)c6c(sc7ccccc76)c5C(C)(C)c5ccccc54)ccc3)c(-c3ccccc3)c2-c2ccccc2)c(C)c1.[Pt]. The van der Waals surface area contributed by atoms with Crippen molar-refractivity contribution in [3.05, 3.63) is 210 Å². The molecule has 0 fully saturated rings. The fourth-order valence-corrected chi connectivity index (χ4v) is 11.1. The molecule has 0 amide bonds. The van der Waals surface area contributed by atoms with Gasteiger partial charge in [-0.15, -0.1) is 17.7 Å². The average molecular weight is 998 g/mol. The van der Waals surface area contributed by atoms with Crippen molar-refractivity contribution in [1.29, 1.82) is 0 Å². The summed E-state index contributed by atoms with van der Waals surface area (Å²) in [6.45, 7) is 11.3. The van der Waals surface area contributed by atoms with Crippen LogP contribution in [0.15, 0.2) is 164 Å². The molecule has 0 N–H and O–H groups in total. The Labute approximate surface area is 381 Å². The first kappa shape index (κ1) is 39.7. The molecule has 10 aromatic rings. The van der Waals surface area contributed by atoms with Gasteiger partial charge in [0.1, 0.15) is 0 Å². The first-order valence-corrected chi connectivity index (χ1v) is 21.6. The number of hydrogen-bond acceptors (Lipinski definition) is 3. The number of nitrogens with zero attached hydrogens (tertiary/aromatic N) is 4. The summed E-state index contributed by atoms with van der Waals surface area (Å²) >= 11 is 1.87. The van der Waals surface area contributed by atoms with Crippen molar-refractivity contribution >= 4 is 48.6 Å². The van der Waals surface area contributed by atoms with E-state index >= 15 is 0 Å². The Kier molecular flexibility index (Phi) is 9.93. The minimum Gasteiger partial charge on any atom is -0.352 e. The summed E-state index contributed by atoms with van der Waals surface area (Å²) in [5.74, 6) is 0. The minimum absolute atomic E-state index is 0. The van der Waals surface area contributed by atoms with E-state index in [1.807, 2.05) is 23.6 Å². The molecule has 0 radical (unpaired) electrons. The van der Waals surface area contributed by atoms with Crippen LogP contribution in [0.4, 0.5) is 17.1 Å². The normalized spacial score (nSPS) is 12.9. The Hall–Kier alpha value is -6.39. The van der Waals surface area contributed by atoms with Crippen LogP contribution in [0.25, 0.3) is 65.3 Å². The fraction of sp³-hybridized carbons (Fsp3) is 0.107. The average Bonchev–Trinajstić information content (AvgIpc) is 3.86. The van der Waals surface area contributed by atoms with E-state index in [0.29, 0.717) is 0 Å². The van der Waals surface area contributed by atoms with Crippen LogP contribution in [0, 0.1) is 39.2 Å². The Morgan fingerprint density at radius 3 is 2.06 bits per heavy atom. The summed E-state index contributed by atoms with van der Waals surface area (Å²) in [6.07, 6.45) is 5.78. The third kappa shape index (κ3) is 6.29. The monoisotopic (exact) mass is 997 g/mol. The molecule has 1 aliphatic heterocycles. The van der Waals surface area contributed by atoms with E-state index in [1.54, 1.807) is 0 Å². The van der Waals surface area contributed by atoms with Gasteiger partial charge in [0.25, 0.3) is 6.33 Å². The van der Waals surface area contributed by atoms with E-state index < -0.39 is 0 Å². The molecule has 0 aliphatic carbocycles. The van der Waals surface area contributed by atoms with Gasteiger partial charge in [0.05, 0.1) is 17.1 Å². The Bertz CT molecular complexity index is 3290. The molecule has 0 atom stereocenters. The quantitative estimate of drug-likeness (QED) is 0.122. The molecule has 11 rings (SSSR count).